The summed E-state index contributed by atoms with van der Waals surface area (Å²) >= 11 is 0. The number of hydrogen-bond donors (Lipinski definition) is 2. The third-order valence-corrected chi connectivity index (χ3v) is 4.01. The minimum Gasteiger partial charge on any atom is -0.496 e. The number of benzene rings is 1. The zero-order valence-electron chi connectivity index (χ0n) is 14.5. The lowest BCUT2D eigenvalue weighted by Crippen LogP contribution is -2.32. The molecule has 0 aromatic heterocycles. The number of aliphatic hydroxyl groups excluding tert-OH is 1. The largest absolute Gasteiger partial charge is 0.496 e. The van der Waals surface area contributed by atoms with Gasteiger partial charge in [-0.05, 0) is 37.2 Å². The van der Waals surface area contributed by atoms with Crippen molar-refractivity contribution < 1.29 is 9.84 Å². The van der Waals surface area contributed by atoms with E-state index in [0.29, 0.717) is 6.42 Å². The minimum absolute atomic E-state index is 0.0195. The third-order valence-electron chi connectivity index (χ3n) is 4.01. The van der Waals surface area contributed by atoms with Gasteiger partial charge in [0.05, 0.1) is 13.2 Å². The second-order valence-electron chi connectivity index (χ2n) is 7.25. The van der Waals surface area contributed by atoms with E-state index in [1.165, 1.54) is 11.1 Å². The molecule has 120 valence electrons. The van der Waals surface area contributed by atoms with Crippen LogP contribution in [0.4, 0.5) is 0 Å². The zero-order chi connectivity index (χ0) is 16.4. The van der Waals surface area contributed by atoms with Crippen molar-refractivity contribution >= 4 is 0 Å². The van der Waals surface area contributed by atoms with Gasteiger partial charge in [-0.3, -0.25) is 0 Å². The first kappa shape index (κ1) is 18.0. The van der Waals surface area contributed by atoms with Gasteiger partial charge in [0.2, 0.25) is 0 Å². The van der Waals surface area contributed by atoms with Crippen molar-refractivity contribution in [2.45, 2.75) is 71.4 Å². The Labute approximate surface area is 129 Å². The van der Waals surface area contributed by atoms with Crippen LogP contribution in [0.3, 0.4) is 0 Å². The molecule has 0 spiro atoms. The highest BCUT2D eigenvalue weighted by Gasteiger charge is 2.25. The van der Waals surface area contributed by atoms with Crippen LogP contribution in [0.1, 0.15) is 63.6 Å². The van der Waals surface area contributed by atoms with Crippen molar-refractivity contribution in [2.24, 2.45) is 5.73 Å². The predicted molar refractivity (Wildman–Crippen MR) is 89.1 cm³/mol. The van der Waals surface area contributed by atoms with Gasteiger partial charge in [0.25, 0.3) is 0 Å². The molecule has 0 aliphatic carbocycles. The molecule has 3 heteroatoms. The number of aryl methyl sites for hydroxylation is 1. The SMILES string of the molecule is COc1c(C(C)CC(O)C(C)N)cc(C)cc1C(C)(C)C. The summed E-state index contributed by atoms with van der Waals surface area (Å²) in [6, 6.07) is 4.13. The third kappa shape index (κ3) is 4.45. The number of nitrogens with two attached hydrogens (primary N) is 1. The summed E-state index contributed by atoms with van der Waals surface area (Å²) in [5, 5.41) is 10.1. The molecule has 3 nitrogen and oxygen atoms in total. The molecule has 3 atom stereocenters. The molecule has 0 saturated carbocycles. The van der Waals surface area contributed by atoms with E-state index >= 15 is 0 Å². The lowest BCUT2D eigenvalue weighted by molar-refractivity contribution is 0.134. The van der Waals surface area contributed by atoms with Crippen LogP contribution in [0.5, 0.6) is 5.75 Å². The second-order valence-corrected chi connectivity index (χ2v) is 7.25. The van der Waals surface area contributed by atoms with Crippen molar-refractivity contribution in [3.05, 3.63) is 28.8 Å². The Kier molecular flexibility index (Phi) is 5.83. The summed E-state index contributed by atoms with van der Waals surface area (Å²) in [6.07, 6.45) is 0.143. The number of methoxy groups -OCH3 is 1. The van der Waals surface area contributed by atoms with Gasteiger partial charge in [0.15, 0.2) is 0 Å². The molecule has 0 amide bonds. The smallest absolute Gasteiger partial charge is 0.126 e. The van der Waals surface area contributed by atoms with Crippen molar-refractivity contribution in [1.82, 2.24) is 0 Å². The molecule has 21 heavy (non-hydrogen) atoms. The molecule has 0 heterocycles. The van der Waals surface area contributed by atoms with E-state index in [4.69, 9.17) is 10.5 Å². The highest BCUT2D eigenvalue weighted by Crippen LogP contribution is 2.39. The summed E-state index contributed by atoms with van der Waals surface area (Å²) in [5.74, 6) is 1.14. The lowest BCUT2D eigenvalue weighted by Gasteiger charge is -2.28. The number of ether oxygens (including phenoxy) is 1. The Morgan fingerprint density at radius 3 is 2.24 bits per heavy atom. The fourth-order valence-electron chi connectivity index (χ4n) is 2.66. The van der Waals surface area contributed by atoms with Gasteiger partial charge in [0.1, 0.15) is 5.75 Å². The molecule has 1 aromatic rings. The molecule has 0 saturated heterocycles. The topological polar surface area (TPSA) is 55.5 Å². The van der Waals surface area contributed by atoms with Crippen LogP contribution in [-0.2, 0) is 5.41 Å². The minimum atomic E-state index is -0.497. The van der Waals surface area contributed by atoms with E-state index in [2.05, 4.69) is 46.8 Å². The van der Waals surface area contributed by atoms with Gasteiger partial charge in [0, 0.05) is 11.6 Å². The monoisotopic (exact) mass is 293 g/mol. The molecular weight excluding hydrogens is 262 g/mol. The quantitative estimate of drug-likeness (QED) is 0.873. The van der Waals surface area contributed by atoms with Crippen LogP contribution >= 0.6 is 0 Å². The molecule has 0 aliphatic rings. The number of aliphatic hydroxyl groups is 1. The van der Waals surface area contributed by atoms with E-state index in [0.717, 1.165) is 11.3 Å². The fraction of sp³-hybridized carbons (Fsp3) is 0.667. The Balaban J connectivity index is 3.26. The molecule has 0 aliphatic heterocycles. The molecule has 1 aromatic carbocycles. The van der Waals surface area contributed by atoms with E-state index in [1.54, 1.807) is 7.11 Å². The van der Waals surface area contributed by atoms with Crippen molar-refractivity contribution in [2.75, 3.05) is 7.11 Å². The Morgan fingerprint density at radius 2 is 1.81 bits per heavy atom. The highest BCUT2D eigenvalue weighted by molar-refractivity contribution is 5.49. The van der Waals surface area contributed by atoms with Crippen molar-refractivity contribution in [1.29, 1.82) is 0 Å². The van der Waals surface area contributed by atoms with E-state index in [9.17, 15) is 5.11 Å². The zero-order valence-corrected chi connectivity index (χ0v) is 14.5. The molecular formula is C18H31NO2. The van der Waals surface area contributed by atoms with E-state index in [-0.39, 0.29) is 17.4 Å². The van der Waals surface area contributed by atoms with Crippen LogP contribution in [0.25, 0.3) is 0 Å². The van der Waals surface area contributed by atoms with Gasteiger partial charge in [-0.15, -0.1) is 0 Å². The van der Waals surface area contributed by atoms with Crippen LogP contribution in [0.15, 0.2) is 12.1 Å². The van der Waals surface area contributed by atoms with Gasteiger partial charge in [-0.1, -0.05) is 45.4 Å². The summed E-state index contributed by atoms with van der Waals surface area (Å²) in [6.45, 7) is 12.6. The van der Waals surface area contributed by atoms with Gasteiger partial charge < -0.3 is 15.6 Å². The average molecular weight is 293 g/mol. The molecule has 1 rings (SSSR count). The molecule has 0 bridgehead atoms. The predicted octanol–water partition coefficient (Wildman–Crippen LogP) is 3.50. The summed E-state index contributed by atoms with van der Waals surface area (Å²) in [7, 11) is 1.72. The Morgan fingerprint density at radius 1 is 1.24 bits per heavy atom. The van der Waals surface area contributed by atoms with Gasteiger partial charge in [-0.25, -0.2) is 0 Å². The van der Waals surface area contributed by atoms with Crippen LogP contribution in [0, 0.1) is 6.92 Å². The lowest BCUT2D eigenvalue weighted by atomic mass is 9.81. The first-order valence-corrected chi connectivity index (χ1v) is 7.70. The van der Waals surface area contributed by atoms with E-state index < -0.39 is 6.10 Å². The summed E-state index contributed by atoms with van der Waals surface area (Å²) < 4.78 is 5.71. The standard InChI is InChI=1S/C18H31NO2/c1-11-8-14(12(2)10-16(20)13(3)19)17(21-7)15(9-11)18(4,5)6/h8-9,12-13,16,20H,10,19H2,1-7H3. The summed E-state index contributed by atoms with van der Waals surface area (Å²) in [5.41, 5.74) is 9.39. The number of hydrogen-bond acceptors (Lipinski definition) is 3. The summed E-state index contributed by atoms with van der Waals surface area (Å²) in [4.78, 5) is 0. The van der Waals surface area contributed by atoms with Crippen LogP contribution < -0.4 is 10.5 Å². The molecule has 0 fully saturated rings. The Bertz CT molecular complexity index is 475. The first-order valence-electron chi connectivity index (χ1n) is 7.70. The average Bonchev–Trinajstić information content (AvgIpc) is 2.36. The van der Waals surface area contributed by atoms with Crippen molar-refractivity contribution in [3.63, 3.8) is 0 Å². The molecule has 3 unspecified atom stereocenters. The van der Waals surface area contributed by atoms with Crippen molar-refractivity contribution in [3.8, 4) is 5.75 Å². The van der Waals surface area contributed by atoms with Gasteiger partial charge >= 0.3 is 0 Å². The van der Waals surface area contributed by atoms with Crippen LogP contribution in [-0.4, -0.2) is 24.4 Å². The highest BCUT2D eigenvalue weighted by atomic mass is 16.5. The maximum Gasteiger partial charge on any atom is 0.126 e. The normalized spacial score (nSPS) is 16.4. The fourth-order valence-corrected chi connectivity index (χ4v) is 2.66. The first-order chi connectivity index (χ1) is 9.57. The van der Waals surface area contributed by atoms with Gasteiger partial charge in [-0.2, -0.15) is 0 Å². The van der Waals surface area contributed by atoms with E-state index in [1.807, 2.05) is 6.92 Å². The molecule has 3 N–H and O–H groups in total. The van der Waals surface area contributed by atoms with Crippen LogP contribution in [0.2, 0.25) is 0 Å². The second kappa shape index (κ2) is 6.80. The molecule has 0 radical (unpaired) electrons. The number of rotatable bonds is 5. The maximum absolute atomic E-state index is 10.1. The maximum atomic E-state index is 10.1. The Hall–Kier alpha value is -1.06.